The van der Waals surface area contributed by atoms with Gasteiger partial charge in [0.05, 0.1) is 0 Å². The largest absolute Gasteiger partial charge is 0.507 e. The quantitative estimate of drug-likeness (QED) is 0.741. The van der Waals surface area contributed by atoms with E-state index in [4.69, 9.17) is 4.74 Å². The minimum atomic E-state index is 0.181. The maximum Gasteiger partial charge on any atom is 0.126 e. The lowest BCUT2D eigenvalue weighted by Gasteiger charge is -2.15. The molecule has 0 aliphatic heterocycles. The summed E-state index contributed by atoms with van der Waals surface area (Å²) >= 11 is 3.44. The Balaban J connectivity index is 2.22. The number of phenolic OH excluding ortho intramolecular Hbond substituents is 1. The summed E-state index contributed by atoms with van der Waals surface area (Å²) in [6.07, 6.45) is 2.62. The third-order valence-electron chi connectivity index (χ3n) is 3.41. The molecular weight excluding hydrogens is 344 g/mol. The Morgan fingerprint density at radius 1 is 1.27 bits per heavy atom. The van der Waals surface area contributed by atoms with E-state index in [-0.39, 0.29) is 12.2 Å². The van der Waals surface area contributed by atoms with E-state index in [1.165, 1.54) is 0 Å². The van der Waals surface area contributed by atoms with Crippen molar-refractivity contribution in [1.29, 1.82) is 0 Å². The molecule has 0 heterocycles. The molecule has 0 aliphatic rings. The lowest BCUT2D eigenvalue weighted by molar-refractivity contribution is -0.107. The van der Waals surface area contributed by atoms with Crippen molar-refractivity contribution in [3.05, 3.63) is 57.6 Å². The first-order valence-corrected chi connectivity index (χ1v) is 8.09. The highest BCUT2D eigenvalue weighted by molar-refractivity contribution is 9.10. The Kier molecular flexibility index (Phi) is 6.01. The van der Waals surface area contributed by atoms with Gasteiger partial charge in [-0.25, -0.2) is 0 Å². The van der Waals surface area contributed by atoms with Crippen molar-refractivity contribution in [3.8, 4) is 11.5 Å². The van der Waals surface area contributed by atoms with Crippen molar-refractivity contribution < 1.29 is 14.6 Å². The average Bonchev–Trinajstić information content (AvgIpc) is 2.51. The van der Waals surface area contributed by atoms with E-state index in [0.29, 0.717) is 24.3 Å². The molecule has 2 aromatic carbocycles. The summed E-state index contributed by atoms with van der Waals surface area (Å²) in [5.74, 6) is 0.856. The average molecular weight is 363 g/mol. The third-order valence-corrected chi connectivity index (χ3v) is 3.90. The van der Waals surface area contributed by atoms with Gasteiger partial charge in [-0.05, 0) is 30.2 Å². The van der Waals surface area contributed by atoms with Crippen LogP contribution in [0.2, 0.25) is 0 Å². The van der Waals surface area contributed by atoms with Crippen molar-refractivity contribution in [2.24, 2.45) is 0 Å². The molecule has 0 fully saturated rings. The number of ether oxygens (including phenoxy) is 1. The Hall–Kier alpha value is -1.81. The smallest absolute Gasteiger partial charge is 0.126 e. The summed E-state index contributed by atoms with van der Waals surface area (Å²) in [6.45, 7) is 2.48. The molecule has 2 rings (SSSR count). The van der Waals surface area contributed by atoms with Crippen LogP contribution in [-0.2, 0) is 24.2 Å². The van der Waals surface area contributed by atoms with Crippen molar-refractivity contribution in [2.75, 3.05) is 0 Å². The van der Waals surface area contributed by atoms with Crippen LogP contribution in [0.1, 0.15) is 30.0 Å². The van der Waals surface area contributed by atoms with Crippen LogP contribution in [0.5, 0.6) is 11.5 Å². The van der Waals surface area contributed by atoms with Crippen LogP contribution < -0.4 is 4.74 Å². The highest BCUT2D eigenvalue weighted by Gasteiger charge is 2.13. The molecule has 0 bridgehead atoms. The lowest BCUT2D eigenvalue weighted by atomic mass is 10.0. The van der Waals surface area contributed by atoms with Gasteiger partial charge in [-0.3, -0.25) is 0 Å². The number of hydrogen-bond acceptors (Lipinski definition) is 3. The fraction of sp³-hybridized carbons (Fsp3) is 0.278. The zero-order valence-electron chi connectivity index (χ0n) is 12.5. The molecular formula is C18H19BrO3. The van der Waals surface area contributed by atoms with Crippen LogP contribution in [0.25, 0.3) is 0 Å². The summed E-state index contributed by atoms with van der Waals surface area (Å²) in [7, 11) is 0. The maximum absolute atomic E-state index is 10.7. The van der Waals surface area contributed by atoms with Gasteiger partial charge in [0.2, 0.25) is 0 Å². The summed E-state index contributed by atoms with van der Waals surface area (Å²) in [4.78, 5) is 10.7. The molecule has 0 spiro atoms. The zero-order chi connectivity index (χ0) is 15.9. The van der Waals surface area contributed by atoms with Crippen LogP contribution >= 0.6 is 15.9 Å². The van der Waals surface area contributed by atoms with E-state index < -0.39 is 0 Å². The van der Waals surface area contributed by atoms with Crippen LogP contribution in [0.4, 0.5) is 0 Å². The molecule has 0 aliphatic carbocycles. The number of rotatable bonds is 7. The summed E-state index contributed by atoms with van der Waals surface area (Å²) in [5, 5.41) is 10.3. The van der Waals surface area contributed by atoms with E-state index >= 15 is 0 Å². The SMILES string of the molecule is CCCc1c(OCc2cccc(Br)c2)ccc(CC=O)c1O. The van der Waals surface area contributed by atoms with Gasteiger partial charge in [0, 0.05) is 22.0 Å². The van der Waals surface area contributed by atoms with Gasteiger partial charge in [-0.2, -0.15) is 0 Å². The summed E-state index contributed by atoms with van der Waals surface area (Å²) < 4.78 is 6.88. The molecule has 0 radical (unpaired) electrons. The van der Waals surface area contributed by atoms with E-state index in [0.717, 1.165) is 28.3 Å². The number of phenols is 1. The van der Waals surface area contributed by atoms with E-state index in [1.54, 1.807) is 6.07 Å². The predicted octanol–water partition coefficient (Wildman–Crippen LogP) is 4.43. The molecule has 0 unspecified atom stereocenters. The topological polar surface area (TPSA) is 46.5 Å². The fourth-order valence-corrected chi connectivity index (χ4v) is 2.78. The minimum Gasteiger partial charge on any atom is -0.507 e. The molecule has 0 saturated carbocycles. The second-order valence-electron chi connectivity index (χ2n) is 5.09. The molecule has 1 N–H and O–H groups in total. The molecule has 0 amide bonds. The number of carbonyl (C=O) groups is 1. The first-order chi connectivity index (χ1) is 10.7. The second-order valence-corrected chi connectivity index (χ2v) is 6.01. The van der Waals surface area contributed by atoms with Crippen LogP contribution in [-0.4, -0.2) is 11.4 Å². The number of halogens is 1. The standard InChI is InChI=1S/C18H19BrO3/c1-2-4-16-17(8-7-14(9-10-20)18(16)21)22-12-13-5-3-6-15(19)11-13/h3,5-8,10-11,21H,2,4,9,12H2,1H3. The third kappa shape index (κ3) is 4.10. The molecule has 116 valence electrons. The Bertz CT molecular complexity index is 653. The normalized spacial score (nSPS) is 10.5. The van der Waals surface area contributed by atoms with Crippen LogP contribution in [0.3, 0.4) is 0 Å². The molecule has 0 atom stereocenters. The predicted molar refractivity (Wildman–Crippen MR) is 90.3 cm³/mol. The number of aldehydes is 1. The minimum absolute atomic E-state index is 0.181. The number of hydrogen-bond donors (Lipinski definition) is 1. The Morgan fingerprint density at radius 3 is 2.77 bits per heavy atom. The van der Waals surface area contributed by atoms with Gasteiger partial charge in [0.1, 0.15) is 24.4 Å². The highest BCUT2D eigenvalue weighted by Crippen LogP contribution is 2.33. The molecule has 4 heteroatoms. The number of aromatic hydroxyl groups is 1. The monoisotopic (exact) mass is 362 g/mol. The summed E-state index contributed by atoms with van der Waals surface area (Å²) in [5.41, 5.74) is 2.47. The first-order valence-electron chi connectivity index (χ1n) is 7.30. The highest BCUT2D eigenvalue weighted by atomic mass is 79.9. The summed E-state index contributed by atoms with van der Waals surface area (Å²) in [6, 6.07) is 11.5. The van der Waals surface area contributed by atoms with Gasteiger partial charge in [-0.1, -0.05) is 47.5 Å². The Morgan fingerprint density at radius 2 is 2.09 bits per heavy atom. The lowest BCUT2D eigenvalue weighted by Crippen LogP contribution is -2.01. The van der Waals surface area contributed by atoms with Gasteiger partial charge in [0.25, 0.3) is 0 Å². The molecule has 0 aromatic heterocycles. The molecule has 22 heavy (non-hydrogen) atoms. The molecule has 2 aromatic rings. The van der Waals surface area contributed by atoms with E-state index in [2.05, 4.69) is 15.9 Å². The Labute approximate surface area is 139 Å². The van der Waals surface area contributed by atoms with E-state index in [1.807, 2.05) is 37.3 Å². The van der Waals surface area contributed by atoms with E-state index in [9.17, 15) is 9.90 Å². The van der Waals surface area contributed by atoms with Crippen LogP contribution in [0, 0.1) is 0 Å². The van der Waals surface area contributed by atoms with Gasteiger partial charge in [0.15, 0.2) is 0 Å². The van der Waals surface area contributed by atoms with Crippen molar-refractivity contribution in [3.63, 3.8) is 0 Å². The van der Waals surface area contributed by atoms with Gasteiger partial charge in [-0.15, -0.1) is 0 Å². The second kappa shape index (κ2) is 7.99. The van der Waals surface area contributed by atoms with Crippen molar-refractivity contribution in [1.82, 2.24) is 0 Å². The number of benzene rings is 2. The zero-order valence-corrected chi connectivity index (χ0v) is 14.1. The van der Waals surface area contributed by atoms with Gasteiger partial charge >= 0.3 is 0 Å². The maximum atomic E-state index is 10.7. The van der Waals surface area contributed by atoms with Crippen LogP contribution in [0.15, 0.2) is 40.9 Å². The molecule has 0 saturated heterocycles. The fourth-order valence-electron chi connectivity index (χ4n) is 2.34. The number of carbonyl (C=O) groups excluding carboxylic acids is 1. The van der Waals surface area contributed by atoms with Crippen molar-refractivity contribution in [2.45, 2.75) is 32.8 Å². The molecule has 3 nitrogen and oxygen atoms in total. The van der Waals surface area contributed by atoms with Crippen molar-refractivity contribution >= 4 is 22.2 Å². The van der Waals surface area contributed by atoms with Gasteiger partial charge < -0.3 is 14.6 Å². The first kappa shape index (κ1) is 16.6.